The maximum atomic E-state index is 13.1. The van der Waals surface area contributed by atoms with Crippen LogP contribution in [-0.2, 0) is 6.18 Å². The largest absolute Gasteiger partial charge is 0.416 e. The molecule has 1 aliphatic rings. The van der Waals surface area contributed by atoms with Crippen molar-refractivity contribution >= 4 is 0 Å². The van der Waals surface area contributed by atoms with Gasteiger partial charge in [0.1, 0.15) is 5.82 Å². The molecule has 2 aromatic carbocycles. The Morgan fingerprint density at radius 1 is 0.957 bits per heavy atom. The lowest BCUT2D eigenvalue weighted by molar-refractivity contribution is -0.137. The molecule has 0 heterocycles. The van der Waals surface area contributed by atoms with E-state index < -0.39 is 11.7 Å². The van der Waals surface area contributed by atoms with Crippen molar-refractivity contribution in [1.82, 2.24) is 4.90 Å². The average molecular weight is 323 g/mol. The molecule has 1 aliphatic carbocycles. The van der Waals surface area contributed by atoms with E-state index in [4.69, 9.17) is 0 Å². The van der Waals surface area contributed by atoms with Crippen molar-refractivity contribution in [3.63, 3.8) is 0 Å². The first-order valence-corrected chi connectivity index (χ1v) is 7.40. The smallest absolute Gasteiger partial charge is 0.302 e. The van der Waals surface area contributed by atoms with E-state index in [0.29, 0.717) is 12.0 Å². The van der Waals surface area contributed by atoms with Crippen molar-refractivity contribution in [2.75, 3.05) is 14.1 Å². The van der Waals surface area contributed by atoms with Crippen LogP contribution in [0.3, 0.4) is 0 Å². The number of alkyl halides is 3. The molecule has 3 rings (SSSR count). The summed E-state index contributed by atoms with van der Waals surface area (Å²) in [6, 6.07) is 10.1. The Bertz CT molecular complexity index is 704. The lowest BCUT2D eigenvalue weighted by atomic mass is 9.92. The van der Waals surface area contributed by atoms with E-state index in [1.54, 1.807) is 18.2 Å². The van der Waals surface area contributed by atoms with Crippen LogP contribution in [0, 0.1) is 5.82 Å². The molecule has 0 saturated heterocycles. The van der Waals surface area contributed by atoms with Gasteiger partial charge in [0.25, 0.3) is 0 Å². The third-order valence-electron chi connectivity index (χ3n) is 4.50. The van der Waals surface area contributed by atoms with E-state index in [2.05, 4.69) is 0 Å². The Morgan fingerprint density at radius 3 is 2.17 bits per heavy atom. The normalized spacial score (nSPS) is 20.8. The van der Waals surface area contributed by atoms with Gasteiger partial charge in [0.05, 0.1) is 5.56 Å². The summed E-state index contributed by atoms with van der Waals surface area (Å²) in [5, 5.41) is 0. The predicted molar refractivity (Wildman–Crippen MR) is 80.7 cm³/mol. The van der Waals surface area contributed by atoms with E-state index in [1.807, 2.05) is 19.0 Å². The number of fused-ring (bicyclic) bond motifs is 1. The molecular weight excluding hydrogens is 306 g/mol. The van der Waals surface area contributed by atoms with E-state index in [0.717, 1.165) is 17.2 Å². The zero-order valence-electron chi connectivity index (χ0n) is 12.9. The van der Waals surface area contributed by atoms with Crippen LogP contribution in [-0.4, -0.2) is 19.0 Å². The standard InChI is InChI=1S/C18H17F4N/c1-23(2)17-10-15(11-3-6-13(19)7-4-11)14-8-5-12(9-16(14)17)18(20,21)22/h3-9,15,17H,10H2,1-2H3/t15-,17+/m0/s1. The zero-order valence-corrected chi connectivity index (χ0v) is 12.9. The second-order valence-electron chi connectivity index (χ2n) is 6.16. The highest BCUT2D eigenvalue weighted by Crippen LogP contribution is 2.47. The minimum Gasteiger partial charge on any atom is -0.302 e. The maximum Gasteiger partial charge on any atom is 0.416 e. The molecule has 2 aromatic rings. The van der Waals surface area contributed by atoms with Gasteiger partial charge in [-0.25, -0.2) is 4.39 Å². The number of hydrogen-bond donors (Lipinski definition) is 0. The molecule has 0 bridgehead atoms. The van der Waals surface area contributed by atoms with Gasteiger partial charge in [-0.1, -0.05) is 18.2 Å². The van der Waals surface area contributed by atoms with Gasteiger partial charge < -0.3 is 4.90 Å². The Labute approximate surface area is 132 Å². The van der Waals surface area contributed by atoms with Crippen molar-refractivity contribution in [2.24, 2.45) is 0 Å². The molecule has 23 heavy (non-hydrogen) atoms. The molecule has 5 heteroatoms. The van der Waals surface area contributed by atoms with Gasteiger partial charge >= 0.3 is 6.18 Å². The first-order valence-electron chi connectivity index (χ1n) is 7.40. The summed E-state index contributed by atoms with van der Waals surface area (Å²) in [6.07, 6.45) is -3.66. The fourth-order valence-corrected chi connectivity index (χ4v) is 3.33. The van der Waals surface area contributed by atoms with Crippen molar-refractivity contribution in [3.8, 4) is 0 Å². The molecule has 0 aromatic heterocycles. The van der Waals surface area contributed by atoms with Gasteiger partial charge in [-0.2, -0.15) is 13.2 Å². The number of rotatable bonds is 2. The van der Waals surface area contributed by atoms with Gasteiger partial charge in [0, 0.05) is 12.0 Å². The fourth-order valence-electron chi connectivity index (χ4n) is 3.33. The molecule has 122 valence electrons. The van der Waals surface area contributed by atoms with Crippen molar-refractivity contribution in [2.45, 2.75) is 24.6 Å². The molecule has 0 fully saturated rings. The third kappa shape index (κ3) is 2.98. The molecule has 0 amide bonds. The maximum absolute atomic E-state index is 13.1. The highest BCUT2D eigenvalue weighted by molar-refractivity contribution is 5.46. The first-order chi connectivity index (χ1) is 10.8. The van der Waals surface area contributed by atoms with Gasteiger partial charge in [-0.15, -0.1) is 0 Å². The van der Waals surface area contributed by atoms with Crippen LogP contribution in [0.15, 0.2) is 42.5 Å². The van der Waals surface area contributed by atoms with Crippen LogP contribution in [0.25, 0.3) is 0 Å². The van der Waals surface area contributed by atoms with Crippen LogP contribution in [0.1, 0.15) is 40.6 Å². The number of benzene rings is 2. The summed E-state index contributed by atoms with van der Waals surface area (Å²) < 4.78 is 52.1. The van der Waals surface area contributed by atoms with Gasteiger partial charge in [0.2, 0.25) is 0 Å². The quantitative estimate of drug-likeness (QED) is 0.704. The average Bonchev–Trinajstić information content (AvgIpc) is 2.86. The highest BCUT2D eigenvalue weighted by atomic mass is 19.4. The minimum atomic E-state index is -4.35. The van der Waals surface area contributed by atoms with Crippen LogP contribution >= 0.6 is 0 Å². The van der Waals surface area contributed by atoms with Crippen LogP contribution < -0.4 is 0 Å². The topological polar surface area (TPSA) is 3.24 Å². The molecule has 0 saturated carbocycles. The monoisotopic (exact) mass is 323 g/mol. The van der Waals surface area contributed by atoms with Crippen molar-refractivity contribution < 1.29 is 17.6 Å². The molecule has 0 N–H and O–H groups in total. The Balaban J connectivity index is 2.07. The van der Waals surface area contributed by atoms with Crippen LogP contribution in [0.5, 0.6) is 0 Å². The molecule has 0 spiro atoms. The zero-order chi connectivity index (χ0) is 16.8. The second-order valence-corrected chi connectivity index (χ2v) is 6.16. The molecule has 2 atom stereocenters. The number of halogens is 4. The Morgan fingerprint density at radius 2 is 1.61 bits per heavy atom. The number of nitrogens with zero attached hydrogens (tertiary/aromatic N) is 1. The third-order valence-corrected chi connectivity index (χ3v) is 4.50. The lowest BCUT2D eigenvalue weighted by Gasteiger charge is -2.21. The van der Waals surface area contributed by atoms with Gasteiger partial charge in [-0.05, 0) is 61.5 Å². The molecule has 1 nitrogen and oxygen atoms in total. The van der Waals surface area contributed by atoms with E-state index in [1.165, 1.54) is 18.2 Å². The Kier molecular flexibility index (Phi) is 3.92. The number of hydrogen-bond acceptors (Lipinski definition) is 1. The summed E-state index contributed by atoms with van der Waals surface area (Å²) in [5.41, 5.74) is 1.90. The summed E-state index contributed by atoms with van der Waals surface area (Å²) in [5.74, 6) is -0.330. The van der Waals surface area contributed by atoms with Crippen LogP contribution in [0.4, 0.5) is 17.6 Å². The highest BCUT2D eigenvalue weighted by Gasteiger charge is 2.37. The van der Waals surface area contributed by atoms with E-state index in [-0.39, 0.29) is 17.8 Å². The summed E-state index contributed by atoms with van der Waals surface area (Å²) in [7, 11) is 3.73. The first kappa shape index (κ1) is 16.0. The summed E-state index contributed by atoms with van der Waals surface area (Å²) in [4.78, 5) is 1.93. The minimum absolute atomic E-state index is 0.0136. The second kappa shape index (κ2) is 5.64. The fraction of sp³-hybridized carbons (Fsp3) is 0.333. The van der Waals surface area contributed by atoms with E-state index >= 15 is 0 Å². The molecule has 0 aliphatic heterocycles. The molecular formula is C18H17F4N. The van der Waals surface area contributed by atoms with Crippen molar-refractivity contribution in [1.29, 1.82) is 0 Å². The van der Waals surface area contributed by atoms with Gasteiger partial charge in [0.15, 0.2) is 0 Å². The van der Waals surface area contributed by atoms with E-state index in [9.17, 15) is 17.6 Å². The molecule has 0 radical (unpaired) electrons. The lowest BCUT2D eigenvalue weighted by Crippen LogP contribution is -2.18. The Hall–Kier alpha value is -1.88. The summed E-state index contributed by atoms with van der Waals surface area (Å²) >= 11 is 0. The van der Waals surface area contributed by atoms with Crippen LogP contribution in [0.2, 0.25) is 0 Å². The predicted octanol–water partition coefficient (Wildman–Crippen LogP) is 4.98. The molecule has 0 unspecified atom stereocenters. The van der Waals surface area contributed by atoms with Gasteiger partial charge in [-0.3, -0.25) is 0 Å². The summed E-state index contributed by atoms with van der Waals surface area (Å²) in [6.45, 7) is 0. The SMILES string of the molecule is CN(C)[C@@H]1C[C@@H](c2ccc(F)cc2)c2ccc(C(F)(F)F)cc21. The van der Waals surface area contributed by atoms with Crippen molar-refractivity contribution in [3.05, 3.63) is 70.5 Å².